The average Bonchev–Trinajstić information content (AvgIpc) is 2.91. The van der Waals surface area contributed by atoms with Gasteiger partial charge in [0.05, 0.1) is 4.88 Å². The minimum Gasteiger partial charge on any atom is -0.361 e. The molecular weight excluding hydrogens is 318 g/mol. The Kier molecular flexibility index (Phi) is 4.27. The lowest BCUT2D eigenvalue weighted by Crippen LogP contribution is -2.18. The summed E-state index contributed by atoms with van der Waals surface area (Å²) in [4.78, 5) is 22.4. The van der Waals surface area contributed by atoms with Crippen LogP contribution in [0, 0.1) is 6.92 Å². The smallest absolute Gasteiger partial charge is 0.211 e. The summed E-state index contributed by atoms with van der Waals surface area (Å²) >= 11 is 7.73. The summed E-state index contributed by atoms with van der Waals surface area (Å²) in [6.45, 7) is 4.86. The molecule has 0 radical (unpaired) electrons. The van der Waals surface area contributed by atoms with Gasteiger partial charge in [-0.15, -0.1) is 0 Å². The van der Waals surface area contributed by atoms with Crippen molar-refractivity contribution < 1.29 is 4.79 Å². The summed E-state index contributed by atoms with van der Waals surface area (Å²) in [5.41, 5.74) is 2.22. The number of thiazole rings is 1. The molecule has 2 heterocycles. The first kappa shape index (κ1) is 15.2. The lowest BCUT2D eigenvalue weighted by Gasteiger charge is -2.17. The molecule has 6 heteroatoms. The Labute approximate surface area is 138 Å². The third kappa shape index (κ3) is 2.66. The first-order chi connectivity index (χ1) is 10.6. The largest absolute Gasteiger partial charge is 0.361 e. The molecule has 1 aromatic heterocycles. The molecule has 1 aliphatic heterocycles. The third-order valence-corrected chi connectivity index (χ3v) is 4.82. The number of carbonyl (C=O) groups is 1. The van der Waals surface area contributed by atoms with E-state index in [0.29, 0.717) is 10.7 Å². The van der Waals surface area contributed by atoms with Crippen molar-refractivity contribution in [2.45, 2.75) is 26.3 Å². The predicted octanol–water partition coefficient (Wildman–Crippen LogP) is 4.28. The summed E-state index contributed by atoms with van der Waals surface area (Å²) in [6.07, 6.45) is 2.74. The number of anilines is 1. The second-order valence-electron chi connectivity index (χ2n) is 5.17. The van der Waals surface area contributed by atoms with E-state index in [-0.39, 0.29) is 5.78 Å². The van der Waals surface area contributed by atoms with E-state index in [1.807, 2.05) is 19.1 Å². The SMILES string of the molecule is CCCNc1nc2c(s1)C=NC(c1c(C)cccc1Cl)C2=O. The molecule has 1 atom stereocenters. The average molecular weight is 334 g/mol. The fourth-order valence-corrected chi connectivity index (χ4v) is 3.64. The number of hydrogen-bond donors (Lipinski definition) is 1. The molecule has 0 saturated carbocycles. The molecule has 114 valence electrons. The van der Waals surface area contributed by atoms with Crippen molar-refractivity contribution in [1.82, 2.24) is 4.98 Å². The predicted molar refractivity (Wildman–Crippen MR) is 91.7 cm³/mol. The summed E-state index contributed by atoms with van der Waals surface area (Å²) in [6, 6.07) is 5.01. The molecule has 0 saturated heterocycles. The van der Waals surface area contributed by atoms with Gasteiger partial charge in [0.15, 0.2) is 5.13 Å². The van der Waals surface area contributed by atoms with Gasteiger partial charge in [-0.05, 0) is 25.0 Å². The number of hydrogen-bond acceptors (Lipinski definition) is 5. The number of ketones is 1. The molecule has 22 heavy (non-hydrogen) atoms. The molecule has 0 bridgehead atoms. The van der Waals surface area contributed by atoms with Gasteiger partial charge in [-0.1, -0.05) is 42.0 Å². The monoisotopic (exact) mass is 333 g/mol. The van der Waals surface area contributed by atoms with Crippen LogP contribution >= 0.6 is 22.9 Å². The second-order valence-corrected chi connectivity index (χ2v) is 6.61. The number of rotatable bonds is 4. The molecule has 1 N–H and O–H groups in total. The highest BCUT2D eigenvalue weighted by Crippen LogP contribution is 2.36. The first-order valence-electron chi connectivity index (χ1n) is 7.19. The normalized spacial score (nSPS) is 16.7. The van der Waals surface area contributed by atoms with Crippen LogP contribution in [-0.2, 0) is 0 Å². The highest BCUT2D eigenvalue weighted by molar-refractivity contribution is 7.17. The number of benzene rings is 1. The van der Waals surface area contributed by atoms with Crippen LogP contribution in [0.5, 0.6) is 0 Å². The summed E-state index contributed by atoms with van der Waals surface area (Å²) in [7, 11) is 0. The lowest BCUT2D eigenvalue weighted by atomic mass is 9.95. The first-order valence-corrected chi connectivity index (χ1v) is 8.38. The fourth-order valence-electron chi connectivity index (χ4n) is 2.44. The summed E-state index contributed by atoms with van der Waals surface area (Å²) in [5.74, 6) is -0.0884. The van der Waals surface area contributed by atoms with Crippen LogP contribution in [0.3, 0.4) is 0 Å². The molecule has 0 spiro atoms. The highest BCUT2D eigenvalue weighted by atomic mass is 35.5. The van der Waals surface area contributed by atoms with Gasteiger partial charge in [0, 0.05) is 23.3 Å². The molecule has 0 amide bonds. The Morgan fingerprint density at radius 3 is 2.95 bits per heavy atom. The number of fused-ring (bicyclic) bond motifs is 1. The van der Waals surface area contributed by atoms with Crippen molar-refractivity contribution in [1.29, 1.82) is 0 Å². The van der Waals surface area contributed by atoms with Crippen LogP contribution in [0.15, 0.2) is 23.2 Å². The van der Waals surface area contributed by atoms with Crippen molar-refractivity contribution in [3.05, 3.63) is 44.9 Å². The third-order valence-electron chi connectivity index (χ3n) is 3.55. The quantitative estimate of drug-likeness (QED) is 0.908. The molecule has 2 aromatic rings. The number of nitrogens with one attached hydrogen (secondary N) is 1. The Balaban J connectivity index is 1.96. The zero-order valence-electron chi connectivity index (χ0n) is 12.4. The molecule has 1 aromatic carbocycles. The van der Waals surface area contributed by atoms with Crippen LogP contribution in [-0.4, -0.2) is 23.5 Å². The highest BCUT2D eigenvalue weighted by Gasteiger charge is 2.31. The minimum atomic E-state index is -0.595. The Morgan fingerprint density at radius 1 is 1.41 bits per heavy atom. The van der Waals surface area contributed by atoms with Crippen molar-refractivity contribution in [2.75, 3.05) is 11.9 Å². The summed E-state index contributed by atoms with van der Waals surface area (Å²) in [5, 5.41) is 4.55. The van der Waals surface area contributed by atoms with E-state index in [4.69, 9.17) is 11.6 Å². The van der Waals surface area contributed by atoms with Crippen LogP contribution in [0.25, 0.3) is 0 Å². The zero-order valence-corrected chi connectivity index (χ0v) is 14.0. The molecule has 0 fully saturated rings. The van der Waals surface area contributed by atoms with Crippen molar-refractivity contribution in [3.8, 4) is 0 Å². The molecule has 0 aliphatic carbocycles. The maximum absolute atomic E-state index is 12.8. The van der Waals surface area contributed by atoms with Gasteiger partial charge in [0.1, 0.15) is 11.7 Å². The van der Waals surface area contributed by atoms with E-state index in [1.54, 1.807) is 12.3 Å². The topological polar surface area (TPSA) is 54.4 Å². The number of carbonyl (C=O) groups excluding carboxylic acids is 1. The number of halogens is 1. The fraction of sp³-hybridized carbons (Fsp3) is 0.312. The van der Waals surface area contributed by atoms with E-state index >= 15 is 0 Å². The van der Waals surface area contributed by atoms with Crippen LogP contribution in [0.4, 0.5) is 5.13 Å². The number of aromatic nitrogens is 1. The Bertz CT molecular complexity index is 734. The molecule has 3 rings (SSSR count). The maximum Gasteiger partial charge on any atom is 0.211 e. The number of aryl methyl sites for hydroxylation is 1. The van der Waals surface area contributed by atoms with Crippen molar-refractivity contribution in [2.24, 2.45) is 4.99 Å². The van der Waals surface area contributed by atoms with Crippen LogP contribution in [0.2, 0.25) is 5.02 Å². The zero-order chi connectivity index (χ0) is 15.7. The lowest BCUT2D eigenvalue weighted by molar-refractivity contribution is 0.0956. The van der Waals surface area contributed by atoms with E-state index in [1.165, 1.54) is 11.3 Å². The number of aliphatic imine (C=N–C) groups is 1. The minimum absolute atomic E-state index is 0.0884. The number of Topliss-reactive ketones (excluding diaryl/α,β-unsaturated/α-hetero) is 1. The van der Waals surface area contributed by atoms with Gasteiger partial charge < -0.3 is 5.32 Å². The van der Waals surface area contributed by atoms with E-state index in [9.17, 15) is 4.79 Å². The Morgan fingerprint density at radius 2 is 2.23 bits per heavy atom. The molecule has 4 nitrogen and oxygen atoms in total. The molecule has 1 aliphatic rings. The van der Waals surface area contributed by atoms with Gasteiger partial charge in [-0.2, -0.15) is 0 Å². The van der Waals surface area contributed by atoms with E-state index < -0.39 is 6.04 Å². The van der Waals surface area contributed by atoms with Gasteiger partial charge in [0.25, 0.3) is 0 Å². The maximum atomic E-state index is 12.8. The van der Waals surface area contributed by atoms with Crippen molar-refractivity contribution >= 4 is 40.1 Å². The standard InChI is InChI=1S/C16H16ClN3OS/c1-3-7-18-16-20-13-11(22-16)8-19-14(15(13)21)12-9(2)5-4-6-10(12)17/h4-6,8,14H,3,7H2,1-2H3,(H,18,20). The van der Waals surface area contributed by atoms with E-state index in [0.717, 1.165) is 34.1 Å². The van der Waals surface area contributed by atoms with Gasteiger partial charge in [0.2, 0.25) is 5.78 Å². The van der Waals surface area contributed by atoms with Crippen LogP contribution in [0.1, 0.15) is 45.9 Å². The Hall–Kier alpha value is -1.72. The van der Waals surface area contributed by atoms with Crippen molar-refractivity contribution in [3.63, 3.8) is 0 Å². The number of nitrogens with zero attached hydrogens (tertiary/aromatic N) is 2. The van der Waals surface area contributed by atoms with Gasteiger partial charge >= 0.3 is 0 Å². The van der Waals surface area contributed by atoms with Gasteiger partial charge in [-0.25, -0.2) is 4.98 Å². The van der Waals surface area contributed by atoms with Crippen LogP contribution < -0.4 is 5.32 Å². The molecular formula is C16H16ClN3OS. The summed E-state index contributed by atoms with van der Waals surface area (Å²) < 4.78 is 0. The second kappa shape index (κ2) is 6.18. The molecule has 1 unspecified atom stereocenters. The van der Waals surface area contributed by atoms with Gasteiger partial charge in [-0.3, -0.25) is 9.79 Å². The van der Waals surface area contributed by atoms with E-state index in [2.05, 4.69) is 22.2 Å².